The van der Waals surface area contributed by atoms with Crippen molar-refractivity contribution in [1.29, 1.82) is 0 Å². The quantitative estimate of drug-likeness (QED) is 0.855. The molecule has 2 aliphatic rings. The number of nitrogens with zero attached hydrogens (tertiary/aromatic N) is 3. The number of aromatic nitrogens is 1. The van der Waals surface area contributed by atoms with E-state index in [1.807, 2.05) is 25.4 Å². The molecule has 1 aromatic heterocycles. The second-order valence-corrected chi connectivity index (χ2v) is 6.71. The lowest BCUT2D eigenvalue weighted by Crippen LogP contribution is -2.50. The molecule has 1 amide bonds. The zero-order chi connectivity index (χ0) is 15.9. The lowest BCUT2D eigenvalue weighted by molar-refractivity contribution is -0.0112. The summed E-state index contributed by atoms with van der Waals surface area (Å²) < 4.78 is 5.69. The zero-order valence-electron chi connectivity index (χ0n) is 13.4. The second-order valence-electron chi connectivity index (χ2n) is 6.71. The summed E-state index contributed by atoms with van der Waals surface area (Å²) in [7, 11) is 1.81. The number of hydrogen-bond donors (Lipinski definition) is 0. The van der Waals surface area contributed by atoms with Crippen LogP contribution in [0.2, 0.25) is 0 Å². The Morgan fingerprint density at radius 1 is 1.26 bits per heavy atom. The molecule has 1 spiro atoms. The van der Waals surface area contributed by atoms with Crippen LogP contribution in [0.3, 0.4) is 0 Å². The molecular formula is C18H21N3O2. The van der Waals surface area contributed by atoms with Crippen molar-refractivity contribution in [3.05, 3.63) is 42.1 Å². The molecule has 4 rings (SSSR count). The highest BCUT2D eigenvalue weighted by Gasteiger charge is 2.46. The number of amides is 1. The number of para-hydroxylation sites is 1. The second kappa shape index (κ2) is 5.49. The molecule has 5 nitrogen and oxygen atoms in total. The van der Waals surface area contributed by atoms with E-state index < -0.39 is 0 Å². The third-order valence-corrected chi connectivity index (χ3v) is 4.89. The normalized spacial score (nSPS) is 25.3. The molecule has 0 radical (unpaired) electrons. The molecule has 3 heterocycles. The van der Waals surface area contributed by atoms with Crippen LogP contribution >= 0.6 is 0 Å². The molecule has 2 aliphatic heterocycles. The molecule has 1 unspecified atom stereocenters. The monoisotopic (exact) mass is 311 g/mol. The highest BCUT2D eigenvalue weighted by molar-refractivity contribution is 5.81. The minimum absolute atomic E-state index is 0.193. The van der Waals surface area contributed by atoms with Gasteiger partial charge < -0.3 is 9.64 Å². The number of carbonyl (C=O) groups excluding carboxylic acids is 1. The lowest BCUT2D eigenvalue weighted by atomic mass is 9.92. The van der Waals surface area contributed by atoms with Crippen LogP contribution in [-0.2, 0) is 11.3 Å². The van der Waals surface area contributed by atoms with Gasteiger partial charge in [0.15, 0.2) is 0 Å². The summed E-state index contributed by atoms with van der Waals surface area (Å²) in [6.07, 6.45) is 3.70. The van der Waals surface area contributed by atoms with E-state index in [2.05, 4.69) is 28.1 Å². The number of hydrogen-bond acceptors (Lipinski definition) is 4. The van der Waals surface area contributed by atoms with Gasteiger partial charge in [0.05, 0.1) is 12.1 Å². The van der Waals surface area contributed by atoms with Crippen molar-refractivity contribution in [2.45, 2.75) is 25.0 Å². The maximum Gasteiger partial charge on any atom is 0.410 e. The van der Waals surface area contributed by atoms with Gasteiger partial charge in [-0.15, -0.1) is 0 Å². The summed E-state index contributed by atoms with van der Waals surface area (Å²) in [5.41, 5.74) is 1.99. The van der Waals surface area contributed by atoms with E-state index in [1.54, 1.807) is 4.90 Å². The fourth-order valence-electron chi connectivity index (χ4n) is 3.86. The Kier molecular flexibility index (Phi) is 3.45. The van der Waals surface area contributed by atoms with Gasteiger partial charge >= 0.3 is 6.09 Å². The Morgan fingerprint density at radius 2 is 2.13 bits per heavy atom. The number of ether oxygens (including phenoxy) is 1. The van der Waals surface area contributed by atoms with Crippen molar-refractivity contribution < 1.29 is 9.53 Å². The molecule has 23 heavy (non-hydrogen) atoms. The SMILES string of the molecule is CN1CC2(CCCN(Cc3ccnc4ccccc34)C2)OC1=O. The molecule has 0 saturated carbocycles. The fraction of sp³-hybridized carbons (Fsp3) is 0.444. The highest BCUT2D eigenvalue weighted by Crippen LogP contribution is 2.32. The third-order valence-electron chi connectivity index (χ3n) is 4.89. The number of likely N-dealkylation sites (tertiary alicyclic amines) is 1. The molecule has 120 valence electrons. The fourth-order valence-corrected chi connectivity index (χ4v) is 3.86. The number of carbonyl (C=O) groups is 1. The van der Waals surface area contributed by atoms with Crippen LogP contribution in [0.25, 0.3) is 10.9 Å². The van der Waals surface area contributed by atoms with E-state index in [9.17, 15) is 4.79 Å². The number of pyridine rings is 1. The van der Waals surface area contributed by atoms with Gasteiger partial charge in [0.25, 0.3) is 0 Å². The standard InChI is InChI=1S/C18H21N3O2/c1-20-12-18(23-17(20)22)8-4-10-21(13-18)11-14-7-9-19-16-6-3-2-5-15(14)16/h2-3,5-7,9H,4,8,10-13H2,1H3. The summed E-state index contributed by atoms with van der Waals surface area (Å²) in [6, 6.07) is 10.3. The minimum Gasteiger partial charge on any atom is -0.440 e. The van der Waals surface area contributed by atoms with Gasteiger partial charge in [-0.05, 0) is 37.1 Å². The molecule has 2 aromatic rings. The van der Waals surface area contributed by atoms with Gasteiger partial charge in [-0.3, -0.25) is 9.88 Å². The van der Waals surface area contributed by atoms with Crippen LogP contribution in [0, 0.1) is 0 Å². The van der Waals surface area contributed by atoms with E-state index >= 15 is 0 Å². The van der Waals surface area contributed by atoms with Crippen LogP contribution in [0.4, 0.5) is 4.79 Å². The van der Waals surface area contributed by atoms with E-state index in [1.165, 1.54) is 10.9 Å². The van der Waals surface area contributed by atoms with E-state index in [4.69, 9.17) is 4.74 Å². The molecule has 1 aromatic carbocycles. The Hall–Kier alpha value is -2.14. The van der Waals surface area contributed by atoms with Gasteiger partial charge in [0.1, 0.15) is 5.60 Å². The maximum atomic E-state index is 11.8. The molecule has 0 aliphatic carbocycles. The van der Waals surface area contributed by atoms with Gasteiger partial charge in [-0.25, -0.2) is 4.79 Å². The number of likely N-dealkylation sites (N-methyl/N-ethyl adjacent to an activating group) is 1. The van der Waals surface area contributed by atoms with Crippen LogP contribution < -0.4 is 0 Å². The molecular weight excluding hydrogens is 290 g/mol. The first kappa shape index (κ1) is 14.5. The lowest BCUT2D eigenvalue weighted by Gasteiger charge is -2.38. The predicted octanol–water partition coefficient (Wildman–Crippen LogP) is 2.65. The van der Waals surface area contributed by atoms with Crippen molar-refractivity contribution in [3.63, 3.8) is 0 Å². The van der Waals surface area contributed by atoms with Crippen molar-refractivity contribution in [2.75, 3.05) is 26.7 Å². The Balaban J connectivity index is 1.56. The van der Waals surface area contributed by atoms with E-state index in [0.29, 0.717) is 6.54 Å². The molecule has 0 N–H and O–H groups in total. The molecule has 5 heteroatoms. The third kappa shape index (κ3) is 2.65. The Morgan fingerprint density at radius 3 is 2.96 bits per heavy atom. The summed E-state index contributed by atoms with van der Waals surface area (Å²) >= 11 is 0. The minimum atomic E-state index is -0.326. The van der Waals surface area contributed by atoms with Crippen LogP contribution in [-0.4, -0.2) is 53.2 Å². The first-order chi connectivity index (χ1) is 11.2. The molecule has 2 fully saturated rings. The average molecular weight is 311 g/mol. The summed E-state index contributed by atoms with van der Waals surface area (Å²) in [4.78, 5) is 20.3. The first-order valence-corrected chi connectivity index (χ1v) is 8.14. The zero-order valence-corrected chi connectivity index (χ0v) is 13.4. The first-order valence-electron chi connectivity index (χ1n) is 8.14. The van der Waals surface area contributed by atoms with E-state index in [0.717, 1.165) is 38.0 Å². The maximum absolute atomic E-state index is 11.8. The largest absolute Gasteiger partial charge is 0.440 e. The van der Waals surface area contributed by atoms with Gasteiger partial charge in [-0.1, -0.05) is 18.2 Å². The Bertz CT molecular complexity index is 743. The van der Waals surface area contributed by atoms with Crippen LogP contribution in [0.5, 0.6) is 0 Å². The van der Waals surface area contributed by atoms with Crippen molar-refractivity contribution >= 4 is 17.0 Å². The van der Waals surface area contributed by atoms with Gasteiger partial charge in [-0.2, -0.15) is 0 Å². The number of rotatable bonds is 2. The molecule has 0 bridgehead atoms. The van der Waals surface area contributed by atoms with Crippen molar-refractivity contribution in [1.82, 2.24) is 14.8 Å². The van der Waals surface area contributed by atoms with Gasteiger partial charge in [0.2, 0.25) is 0 Å². The number of fused-ring (bicyclic) bond motifs is 1. The van der Waals surface area contributed by atoms with Crippen molar-refractivity contribution in [2.24, 2.45) is 0 Å². The predicted molar refractivity (Wildman–Crippen MR) is 88.1 cm³/mol. The molecule has 2 saturated heterocycles. The topological polar surface area (TPSA) is 45.7 Å². The van der Waals surface area contributed by atoms with Crippen LogP contribution in [0.1, 0.15) is 18.4 Å². The summed E-state index contributed by atoms with van der Waals surface area (Å²) in [5, 5.41) is 1.20. The van der Waals surface area contributed by atoms with Crippen molar-refractivity contribution in [3.8, 4) is 0 Å². The highest BCUT2D eigenvalue weighted by atomic mass is 16.6. The number of piperidine rings is 1. The average Bonchev–Trinajstić information content (AvgIpc) is 2.81. The summed E-state index contributed by atoms with van der Waals surface area (Å²) in [5.74, 6) is 0. The van der Waals surface area contributed by atoms with Crippen LogP contribution in [0.15, 0.2) is 36.5 Å². The van der Waals surface area contributed by atoms with Gasteiger partial charge in [0, 0.05) is 31.7 Å². The molecule has 1 atom stereocenters. The summed E-state index contributed by atoms with van der Waals surface area (Å²) in [6.45, 7) is 3.41. The Labute approximate surface area is 135 Å². The smallest absolute Gasteiger partial charge is 0.410 e. The number of benzene rings is 1. The van der Waals surface area contributed by atoms with E-state index in [-0.39, 0.29) is 11.7 Å².